The molecule has 1 aromatic rings. The van der Waals surface area contributed by atoms with E-state index in [1.165, 1.54) is 0 Å². The summed E-state index contributed by atoms with van der Waals surface area (Å²) in [5.41, 5.74) is 0. The quantitative estimate of drug-likeness (QED) is 0.770. The van der Waals surface area contributed by atoms with Gasteiger partial charge in [-0.1, -0.05) is 12.2 Å². The van der Waals surface area contributed by atoms with Crippen molar-refractivity contribution in [3.8, 4) is 0 Å². The van der Waals surface area contributed by atoms with Gasteiger partial charge >= 0.3 is 0 Å². The number of nitrogens with zero attached hydrogens (tertiary/aromatic N) is 5. The van der Waals surface area contributed by atoms with E-state index in [0.717, 1.165) is 64.5 Å². The molecule has 1 unspecified atom stereocenters. The van der Waals surface area contributed by atoms with Crippen LogP contribution in [0.5, 0.6) is 0 Å². The van der Waals surface area contributed by atoms with E-state index in [1.807, 2.05) is 6.20 Å². The average molecular weight is 343 g/mol. The van der Waals surface area contributed by atoms with E-state index in [0.29, 0.717) is 18.4 Å². The number of imidazole rings is 1. The van der Waals surface area contributed by atoms with Crippen LogP contribution in [0.1, 0.15) is 18.7 Å². The van der Waals surface area contributed by atoms with Gasteiger partial charge in [-0.25, -0.2) is 4.98 Å². The monoisotopic (exact) mass is 343 g/mol. The molecule has 1 amide bonds. The lowest BCUT2D eigenvalue weighted by molar-refractivity contribution is -0.136. The summed E-state index contributed by atoms with van der Waals surface area (Å²) in [7, 11) is 2.19. The zero-order valence-electron chi connectivity index (χ0n) is 15.2. The maximum absolute atomic E-state index is 13.0. The summed E-state index contributed by atoms with van der Waals surface area (Å²) in [6, 6.07) is 0. The second kappa shape index (κ2) is 7.30. The van der Waals surface area contributed by atoms with Crippen LogP contribution in [0, 0.1) is 11.8 Å². The fourth-order valence-electron chi connectivity index (χ4n) is 4.30. The first-order chi connectivity index (χ1) is 12.2. The van der Waals surface area contributed by atoms with Gasteiger partial charge in [-0.05, 0) is 19.9 Å². The minimum atomic E-state index is 0.144. The Hall–Kier alpha value is -1.66. The summed E-state index contributed by atoms with van der Waals surface area (Å²) in [6.07, 6.45) is 10.0. The van der Waals surface area contributed by atoms with Crippen LogP contribution >= 0.6 is 0 Å². The average Bonchev–Trinajstić information content (AvgIpc) is 3.26. The molecule has 25 heavy (non-hydrogen) atoms. The lowest BCUT2D eigenvalue weighted by Crippen LogP contribution is -2.48. The van der Waals surface area contributed by atoms with Gasteiger partial charge in [0.15, 0.2) is 0 Å². The van der Waals surface area contributed by atoms with E-state index in [9.17, 15) is 4.79 Å². The standard InChI is InChI=1S/C19H29N5O/c1-21-8-10-22(11-9-21)12-16-13-23-7-6-20-18(23)15-24(14-16)19(25)17-4-2-3-5-17/h2-3,6-7,16-17H,4-5,8-15H2,1H3. The molecule has 0 bridgehead atoms. The van der Waals surface area contributed by atoms with Crippen molar-refractivity contribution in [1.82, 2.24) is 24.3 Å². The summed E-state index contributed by atoms with van der Waals surface area (Å²) in [5, 5.41) is 0. The first-order valence-corrected chi connectivity index (χ1v) is 9.54. The smallest absolute Gasteiger partial charge is 0.226 e. The number of hydrogen-bond donors (Lipinski definition) is 0. The predicted octanol–water partition coefficient (Wildman–Crippen LogP) is 1.06. The van der Waals surface area contributed by atoms with Gasteiger partial charge in [-0.2, -0.15) is 0 Å². The van der Waals surface area contributed by atoms with Crippen molar-refractivity contribution in [3.63, 3.8) is 0 Å². The molecular weight excluding hydrogens is 314 g/mol. The minimum Gasteiger partial charge on any atom is -0.335 e. The Labute approximate surface area is 150 Å². The molecule has 1 saturated heterocycles. The maximum atomic E-state index is 13.0. The summed E-state index contributed by atoms with van der Waals surface area (Å²) in [6.45, 7) is 8.08. The second-order valence-electron chi connectivity index (χ2n) is 7.82. The third kappa shape index (κ3) is 3.80. The van der Waals surface area contributed by atoms with Gasteiger partial charge < -0.3 is 19.3 Å². The maximum Gasteiger partial charge on any atom is 0.226 e. The Morgan fingerprint density at radius 2 is 1.92 bits per heavy atom. The van der Waals surface area contributed by atoms with Crippen molar-refractivity contribution >= 4 is 5.91 Å². The number of likely N-dealkylation sites (N-methyl/N-ethyl adjacent to an activating group) is 1. The van der Waals surface area contributed by atoms with Crippen molar-refractivity contribution in [2.45, 2.75) is 25.9 Å². The Bertz CT molecular complexity index is 624. The van der Waals surface area contributed by atoms with Crippen LogP contribution in [0.3, 0.4) is 0 Å². The number of carbonyl (C=O) groups excluding carboxylic acids is 1. The number of rotatable bonds is 3. The number of piperazine rings is 1. The molecule has 6 nitrogen and oxygen atoms in total. The summed E-state index contributed by atoms with van der Waals surface area (Å²) < 4.78 is 2.25. The Balaban J connectivity index is 1.46. The molecule has 1 fully saturated rings. The molecule has 0 spiro atoms. The zero-order chi connectivity index (χ0) is 17.2. The molecule has 136 valence electrons. The van der Waals surface area contributed by atoms with Crippen molar-refractivity contribution in [3.05, 3.63) is 30.4 Å². The number of fused-ring (bicyclic) bond motifs is 1. The van der Waals surface area contributed by atoms with Gasteiger partial charge in [-0.3, -0.25) is 4.79 Å². The molecule has 1 atom stereocenters. The van der Waals surface area contributed by atoms with Crippen molar-refractivity contribution < 1.29 is 4.79 Å². The van der Waals surface area contributed by atoms with Gasteiger partial charge in [0, 0.05) is 70.0 Å². The molecular formula is C19H29N5O. The fraction of sp³-hybridized carbons (Fsp3) is 0.684. The molecule has 0 N–H and O–H groups in total. The topological polar surface area (TPSA) is 44.6 Å². The Morgan fingerprint density at radius 1 is 1.16 bits per heavy atom. The number of hydrogen-bond acceptors (Lipinski definition) is 4. The van der Waals surface area contributed by atoms with Crippen molar-refractivity contribution in [1.29, 1.82) is 0 Å². The first kappa shape index (κ1) is 16.8. The van der Waals surface area contributed by atoms with Crippen molar-refractivity contribution in [2.24, 2.45) is 11.8 Å². The highest BCUT2D eigenvalue weighted by Gasteiger charge is 2.31. The van der Waals surface area contributed by atoms with Gasteiger partial charge in [0.25, 0.3) is 0 Å². The molecule has 2 aliphatic heterocycles. The Morgan fingerprint density at radius 3 is 2.68 bits per heavy atom. The molecule has 6 heteroatoms. The first-order valence-electron chi connectivity index (χ1n) is 9.54. The van der Waals surface area contributed by atoms with Gasteiger partial charge in [0.2, 0.25) is 5.91 Å². The van der Waals surface area contributed by atoms with Crippen LogP contribution in [0.2, 0.25) is 0 Å². The lowest BCUT2D eigenvalue weighted by Gasteiger charge is -2.35. The molecule has 0 saturated carbocycles. The lowest BCUT2D eigenvalue weighted by atomic mass is 10.0. The van der Waals surface area contributed by atoms with Crippen LogP contribution in [0.15, 0.2) is 24.5 Å². The van der Waals surface area contributed by atoms with Crippen LogP contribution in [-0.4, -0.2) is 76.5 Å². The van der Waals surface area contributed by atoms with E-state index in [4.69, 9.17) is 0 Å². The van der Waals surface area contributed by atoms with Crippen molar-refractivity contribution in [2.75, 3.05) is 46.3 Å². The molecule has 0 aromatic carbocycles. The van der Waals surface area contributed by atoms with Gasteiger partial charge in [0.05, 0.1) is 6.54 Å². The Kier molecular flexibility index (Phi) is 4.90. The molecule has 3 aliphatic rings. The highest BCUT2D eigenvalue weighted by atomic mass is 16.2. The molecule has 3 heterocycles. The highest BCUT2D eigenvalue weighted by Crippen LogP contribution is 2.24. The van der Waals surface area contributed by atoms with E-state index in [2.05, 4.69) is 49.6 Å². The minimum absolute atomic E-state index is 0.144. The van der Waals surface area contributed by atoms with Gasteiger partial charge in [0.1, 0.15) is 5.82 Å². The molecule has 1 aliphatic carbocycles. The summed E-state index contributed by atoms with van der Waals surface area (Å²) in [5.74, 6) is 1.95. The van der Waals surface area contributed by atoms with Crippen LogP contribution in [0.25, 0.3) is 0 Å². The van der Waals surface area contributed by atoms with Crippen LogP contribution in [0.4, 0.5) is 0 Å². The molecule has 1 aromatic heterocycles. The largest absolute Gasteiger partial charge is 0.335 e. The SMILES string of the molecule is CN1CCN(CC2CN(C(=O)C3CC=CC3)Cc3nccn3C2)CC1. The fourth-order valence-corrected chi connectivity index (χ4v) is 4.30. The number of carbonyl (C=O) groups is 1. The summed E-state index contributed by atoms with van der Waals surface area (Å²) in [4.78, 5) is 24.5. The van der Waals surface area contributed by atoms with Crippen LogP contribution < -0.4 is 0 Å². The van der Waals surface area contributed by atoms with Gasteiger partial charge in [-0.15, -0.1) is 0 Å². The van der Waals surface area contributed by atoms with E-state index >= 15 is 0 Å². The third-order valence-electron chi connectivity index (χ3n) is 5.85. The third-order valence-corrected chi connectivity index (χ3v) is 5.85. The zero-order valence-corrected chi connectivity index (χ0v) is 15.2. The summed E-state index contributed by atoms with van der Waals surface area (Å²) >= 11 is 0. The van der Waals surface area contributed by atoms with E-state index in [1.54, 1.807) is 0 Å². The molecule has 4 rings (SSSR count). The second-order valence-corrected chi connectivity index (χ2v) is 7.82. The number of amides is 1. The van der Waals surface area contributed by atoms with E-state index in [-0.39, 0.29) is 5.92 Å². The normalized spacial score (nSPS) is 26.0. The highest BCUT2D eigenvalue weighted by molar-refractivity contribution is 5.79. The van der Waals surface area contributed by atoms with E-state index < -0.39 is 0 Å². The number of allylic oxidation sites excluding steroid dienone is 2. The molecule has 0 radical (unpaired) electrons. The van der Waals surface area contributed by atoms with Crippen LogP contribution in [-0.2, 0) is 17.9 Å². The predicted molar refractivity (Wildman–Crippen MR) is 96.9 cm³/mol. The number of aromatic nitrogens is 2.